The van der Waals surface area contributed by atoms with Crippen LogP contribution in [0.25, 0.3) is 0 Å². The van der Waals surface area contributed by atoms with Gasteiger partial charge in [-0.2, -0.15) is 0 Å². The van der Waals surface area contributed by atoms with Crippen LogP contribution in [0.5, 0.6) is 0 Å². The van der Waals surface area contributed by atoms with Crippen molar-refractivity contribution in [3.05, 3.63) is 73.4 Å². The molecule has 0 aromatic rings. The van der Waals surface area contributed by atoms with Crippen LogP contribution >= 0.6 is 0 Å². The van der Waals surface area contributed by atoms with Gasteiger partial charge in [0.15, 0.2) is 0 Å². The molecule has 208 valence electrons. The van der Waals surface area contributed by atoms with E-state index in [2.05, 4.69) is 6.58 Å². The third kappa shape index (κ3) is 12.2. The van der Waals surface area contributed by atoms with Crippen molar-refractivity contribution >= 4 is 5.97 Å². The van der Waals surface area contributed by atoms with Crippen molar-refractivity contribution in [2.75, 3.05) is 0 Å². The van der Waals surface area contributed by atoms with Crippen molar-refractivity contribution < 1.29 is 30.0 Å². The zero-order chi connectivity index (χ0) is 28.0. The van der Waals surface area contributed by atoms with Crippen LogP contribution in [-0.2, 0) is 9.53 Å². The molecule has 0 radical (unpaired) electrons. The number of hydrogen-bond donors (Lipinski definition) is 4. The molecule has 0 saturated carbocycles. The van der Waals surface area contributed by atoms with Gasteiger partial charge in [-0.25, -0.2) is 4.79 Å². The molecule has 0 fully saturated rings. The Hall–Kier alpha value is -2.25. The summed E-state index contributed by atoms with van der Waals surface area (Å²) in [5.41, 5.74) is 0. The molecule has 1 aliphatic heterocycles. The number of carbonyl (C=O) groups is 1. The highest BCUT2D eigenvalue weighted by Gasteiger charge is 2.30. The first-order valence-corrected chi connectivity index (χ1v) is 13.4. The lowest BCUT2D eigenvalue weighted by atomic mass is 9.86. The molecule has 0 aromatic carbocycles. The van der Waals surface area contributed by atoms with Crippen LogP contribution in [0.1, 0.15) is 53.9 Å². The fourth-order valence-corrected chi connectivity index (χ4v) is 4.34. The Bertz CT molecular complexity index is 826. The van der Waals surface area contributed by atoms with Gasteiger partial charge in [0.25, 0.3) is 0 Å². The first kappa shape index (κ1) is 32.8. The third-order valence-corrected chi connectivity index (χ3v) is 7.08. The molecule has 6 nitrogen and oxygen atoms in total. The summed E-state index contributed by atoms with van der Waals surface area (Å²) in [6.07, 6.45) is 16.7. The van der Waals surface area contributed by atoms with Crippen LogP contribution < -0.4 is 0 Å². The predicted molar refractivity (Wildman–Crippen MR) is 149 cm³/mol. The summed E-state index contributed by atoms with van der Waals surface area (Å²) in [6.45, 7) is 13.1. The quantitative estimate of drug-likeness (QED) is 0.247. The van der Waals surface area contributed by atoms with Gasteiger partial charge in [0.2, 0.25) is 0 Å². The maximum absolute atomic E-state index is 12.6. The molecule has 37 heavy (non-hydrogen) atoms. The normalized spacial score (nSPS) is 39.9. The molecule has 1 heterocycles. The molecule has 0 aliphatic carbocycles. The first-order valence-electron chi connectivity index (χ1n) is 13.4. The van der Waals surface area contributed by atoms with Crippen LogP contribution in [0.4, 0.5) is 0 Å². The molecule has 0 saturated heterocycles. The van der Waals surface area contributed by atoms with Crippen LogP contribution in [0.2, 0.25) is 0 Å². The third-order valence-electron chi connectivity index (χ3n) is 7.08. The van der Waals surface area contributed by atoms with Gasteiger partial charge in [0.05, 0.1) is 24.4 Å². The highest BCUT2D eigenvalue weighted by molar-refractivity contribution is 5.82. The van der Waals surface area contributed by atoms with Crippen LogP contribution in [0, 0.1) is 29.6 Å². The van der Waals surface area contributed by atoms with Gasteiger partial charge in [0, 0.05) is 42.1 Å². The first-order chi connectivity index (χ1) is 17.5. The molecule has 10 atom stereocenters. The summed E-state index contributed by atoms with van der Waals surface area (Å²) in [6, 6.07) is 0. The lowest BCUT2D eigenvalue weighted by Gasteiger charge is -2.30. The van der Waals surface area contributed by atoms with E-state index in [1.54, 1.807) is 42.5 Å². The number of carbonyl (C=O) groups excluding carboxylic acids is 1. The molecule has 6 heteroatoms. The smallest absolute Gasteiger partial charge is 0.331 e. The van der Waals surface area contributed by atoms with Gasteiger partial charge >= 0.3 is 5.97 Å². The molecule has 0 bridgehead atoms. The van der Waals surface area contributed by atoms with Crippen LogP contribution in [-0.4, -0.2) is 56.9 Å². The minimum absolute atomic E-state index is 0.121. The SMILES string of the molecule is C=C/C=C\[C@H](C)[C@@H]1OC(=O)/C=C\C=C\[C@@H](C)[C@@H](O)C[C@H](O)/C=C\[C@H](C)[C@H](O)[C@@H](C)/C=C\CC[C@@H](O)[C@@H]1C. The van der Waals surface area contributed by atoms with Gasteiger partial charge in [-0.3, -0.25) is 0 Å². The van der Waals surface area contributed by atoms with Crippen molar-refractivity contribution in [2.24, 2.45) is 29.6 Å². The van der Waals surface area contributed by atoms with E-state index in [9.17, 15) is 25.2 Å². The van der Waals surface area contributed by atoms with Crippen LogP contribution in [0.15, 0.2) is 73.4 Å². The second-order valence-electron chi connectivity index (χ2n) is 10.4. The van der Waals surface area contributed by atoms with Crippen LogP contribution in [0.3, 0.4) is 0 Å². The topological polar surface area (TPSA) is 107 Å². The van der Waals surface area contributed by atoms with E-state index >= 15 is 0 Å². The van der Waals surface area contributed by atoms with Gasteiger partial charge in [-0.15, -0.1) is 0 Å². The van der Waals surface area contributed by atoms with E-state index in [-0.39, 0.29) is 36.0 Å². The maximum atomic E-state index is 12.6. The molecule has 1 rings (SSSR count). The molecular weight excluding hydrogens is 468 g/mol. The highest BCUT2D eigenvalue weighted by Crippen LogP contribution is 2.25. The van der Waals surface area contributed by atoms with Gasteiger partial charge in [-0.05, 0) is 12.8 Å². The van der Waals surface area contributed by atoms with E-state index in [0.717, 1.165) is 0 Å². The van der Waals surface area contributed by atoms with Crippen molar-refractivity contribution in [3.8, 4) is 0 Å². The largest absolute Gasteiger partial charge is 0.458 e. The molecular formula is C31H48O6. The Morgan fingerprint density at radius 2 is 1.62 bits per heavy atom. The van der Waals surface area contributed by atoms with Gasteiger partial charge in [0.1, 0.15) is 6.10 Å². The monoisotopic (exact) mass is 516 g/mol. The van der Waals surface area contributed by atoms with Gasteiger partial charge in [-0.1, -0.05) is 102 Å². The number of ether oxygens (including phenoxy) is 1. The fourth-order valence-electron chi connectivity index (χ4n) is 4.34. The number of rotatable bonds is 3. The summed E-state index contributed by atoms with van der Waals surface area (Å²) in [4.78, 5) is 12.6. The Balaban J connectivity index is 3.16. The molecule has 0 spiro atoms. The minimum Gasteiger partial charge on any atom is -0.458 e. The molecule has 1 aliphatic rings. The van der Waals surface area contributed by atoms with E-state index in [1.165, 1.54) is 6.08 Å². The minimum atomic E-state index is -0.840. The maximum Gasteiger partial charge on any atom is 0.331 e. The summed E-state index contributed by atoms with van der Waals surface area (Å²) in [7, 11) is 0. The Labute approximate surface area is 223 Å². The number of aliphatic hydroxyl groups excluding tert-OH is 4. The predicted octanol–water partition coefficient (Wildman–Crippen LogP) is 4.67. The van der Waals surface area contributed by atoms with E-state index in [1.807, 2.05) is 52.8 Å². The Kier molecular flexibility index (Phi) is 15.3. The molecule has 0 unspecified atom stereocenters. The molecule has 4 N–H and O–H groups in total. The second kappa shape index (κ2) is 17.3. The zero-order valence-corrected chi connectivity index (χ0v) is 23.1. The van der Waals surface area contributed by atoms with Crippen molar-refractivity contribution in [3.63, 3.8) is 0 Å². The highest BCUT2D eigenvalue weighted by atomic mass is 16.5. The number of hydrogen-bond acceptors (Lipinski definition) is 6. The number of aliphatic hydroxyl groups is 4. The Morgan fingerprint density at radius 3 is 2.30 bits per heavy atom. The van der Waals surface area contributed by atoms with E-state index < -0.39 is 36.5 Å². The Morgan fingerprint density at radius 1 is 0.946 bits per heavy atom. The number of allylic oxidation sites excluding steroid dienone is 5. The van der Waals surface area contributed by atoms with Crippen molar-refractivity contribution in [1.29, 1.82) is 0 Å². The number of esters is 1. The summed E-state index contributed by atoms with van der Waals surface area (Å²) < 4.78 is 5.76. The second-order valence-corrected chi connectivity index (χ2v) is 10.4. The van der Waals surface area contributed by atoms with Gasteiger partial charge < -0.3 is 25.2 Å². The van der Waals surface area contributed by atoms with E-state index in [0.29, 0.717) is 12.8 Å². The average molecular weight is 517 g/mol. The standard InChI is InChI=1S/C31H48O6/c1-7-8-13-24(5)31-25(6)27(33)16-11-9-15-22(3)30(36)23(4)18-19-26(32)20-28(34)21(2)14-10-12-17-29(35)37-31/h7-10,12-15,17-19,21-28,30-34,36H,1,11,16,20H2,2-6H3/b13-8-,14-10+,15-9-,17-12-,19-18-/t21-,22+,23+,24+,25+,26-,27-,28+,30-,31+/m1/s1. The lowest BCUT2D eigenvalue weighted by Crippen LogP contribution is -2.37. The van der Waals surface area contributed by atoms with E-state index in [4.69, 9.17) is 4.74 Å². The van der Waals surface area contributed by atoms with Crippen molar-refractivity contribution in [2.45, 2.75) is 84.4 Å². The molecule has 0 aromatic heterocycles. The van der Waals surface area contributed by atoms with Crippen molar-refractivity contribution in [1.82, 2.24) is 0 Å². The zero-order valence-electron chi connectivity index (χ0n) is 23.1. The summed E-state index contributed by atoms with van der Waals surface area (Å²) >= 11 is 0. The fraction of sp³-hybridized carbons (Fsp3) is 0.581. The summed E-state index contributed by atoms with van der Waals surface area (Å²) in [5, 5.41) is 42.3. The molecule has 0 amide bonds. The average Bonchev–Trinajstić information content (AvgIpc) is 2.87. The number of cyclic esters (lactones) is 1. The lowest BCUT2D eigenvalue weighted by molar-refractivity contribution is -0.150. The summed E-state index contributed by atoms with van der Waals surface area (Å²) in [5.74, 6) is -1.51.